The van der Waals surface area contributed by atoms with Crippen molar-refractivity contribution in [1.29, 1.82) is 0 Å². The van der Waals surface area contributed by atoms with Gasteiger partial charge in [-0.25, -0.2) is 15.0 Å². The van der Waals surface area contributed by atoms with E-state index in [9.17, 15) is 20.2 Å². The van der Waals surface area contributed by atoms with Gasteiger partial charge in [0, 0.05) is 35.4 Å². The highest BCUT2D eigenvalue weighted by atomic mass is 16.6. The summed E-state index contributed by atoms with van der Waals surface area (Å²) in [6.45, 7) is 1.70. The quantitative estimate of drug-likeness (QED) is 0.528. The fourth-order valence-corrected chi connectivity index (χ4v) is 2.20. The van der Waals surface area contributed by atoms with Crippen molar-refractivity contribution in [2.45, 2.75) is 6.92 Å². The molecule has 1 aromatic heterocycles. The maximum Gasteiger partial charge on any atom is 0.269 e. The largest absolute Gasteiger partial charge is 0.269 e. The molecule has 0 radical (unpaired) electrons. The van der Waals surface area contributed by atoms with Crippen molar-refractivity contribution in [3.63, 3.8) is 0 Å². The van der Waals surface area contributed by atoms with E-state index >= 15 is 0 Å². The van der Waals surface area contributed by atoms with Crippen molar-refractivity contribution >= 4 is 11.4 Å². The van der Waals surface area contributed by atoms with E-state index in [1.807, 2.05) is 0 Å². The van der Waals surface area contributed by atoms with E-state index in [2.05, 4.69) is 15.0 Å². The minimum Gasteiger partial charge on any atom is -0.258 e. The van der Waals surface area contributed by atoms with Crippen molar-refractivity contribution in [3.8, 4) is 22.8 Å². The number of nitro benzene ring substituents is 2. The molecule has 3 rings (SSSR count). The molecule has 0 fully saturated rings. The monoisotopic (exact) mass is 337 g/mol. The summed E-state index contributed by atoms with van der Waals surface area (Å²) in [5, 5.41) is 21.5. The first-order valence-corrected chi connectivity index (χ1v) is 7.16. The summed E-state index contributed by atoms with van der Waals surface area (Å²) in [5.41, 5.74) is 1.17. The first-order valence-electron chi connectivity index (χ1n) is 7.16. The Labute approximate surface area is 141 Å². The molecule has 0 bridgehead atoms. The van der Waals surface area contributed by atoms with Crippen molar-refractivity contribution in [1.82, 2.24) is 15.0 Å². The summed E-state index contributed by atoms with van der Waals surface area (Å²) >= 11 is 0. The molecule has 0 saturated heterocycles. The van der Waals surface area contributed by atoms with Crippen LogP contribution in [-0.4, -0.2) is 24.8 Å². The highest BCUT2D eigenvalue weighted by Crippen LogP contribution is 2.23. The van der Waals surface area contributed by atoms with Gasteiger partial charge in [0.05, 0.1) is 9.85 Å². The topological polar surface area (TPSA) is 125 Å². The molecule has 0 N–H and O–H groups in total. The Bertz CT molecular complexity index is 880. The van der Waals surface area contributed by atoms with E-state index in [0.717, 1.165) is 0 Å². The van der Waals surface area contributed by atoms with Gasteiger partial charge in [-0.2, -0.15) is 0 Å². The Kier molecular flexibility index (Phi) is 4.12. The van der Waals surface area contributed by atoms with Crippen molar-refractivity contribution < 1.29 is 9.85 Å². The summed E-state index contributed by atoms with van der Waals surface area (Å²) in [6.07, 6.45) is 0. The predicted molar refractivity (Wildman–Crippen MR) is 88.7 cm³/mol. The number of benzene rings is 2. The van der Waals surface area contributed by atoms with Crippen molar-refractivity contribution in [3.05, 3.63) is 74.6 Å². The Morgan fingerprint density at radius 2 is 1.04 bits per heavy atom. The van der Waals surface area contributed by atoms with E-state index in [1.54, 1.807) is 31.2 Å². The molecule has 1 heterocycles. The zero-order valence-corrected chi connectivity index (χ0v) is 13.0. The lowest BCUT2D eigenvalue weighted by Gasteiger charge is -2.05. The van der Waals surface area contributed by atoms with E-state index in [1.165, 1.54) is 24.3 Å². The van der Waals surface area contributed by atoms with Crippen LogP contribution >= 0.6 is 0 Å². The van der Waals surface area contributed by atoms with Gasteiger partial charge in [0.1, 0.15) is 5.82 Å². The number of rotatable bonds is 4. The molecular formula is C16H11N5O4. The lowest BCUT2D eigenvalue weighted by atomic mass is 10.1. The van der Waals surface area contributed by atoms with E-state index < -0.39 is 9.85 Å². The molecule has 124 valence electrons. The maximum atomic E-state index is 10.7. The molecule has 0 atom stereocenters. The van der Waals surface area contributed by atoms with Gasteiger partial charge in [-0.1, -0.05) is 0 Å². The van der Waals surface area contributed by atoms with Crippen LogP contribution in [0, 0.1) is 27.2 Å². The first-order chi connectivity index (χ1) is 11.9. The normalized spacial score (nSPS) is 10.4. The zero-order chi connectivity index (χ0) is 18.0. The van der Waals surface area contributed by atoms with E-state index in [4.69, 9.17) is 0 Å². The molecule has 0 saturated carbocycles. The Hall–Kier alpha value is -3.75. The molecule has 2 aromatic carbocycles. The van der Waals surface area contributed by atoms with Crippen LogP contribution in [0.15, 0.2) is 48.5 Å². The molecule has 0 unspecified atom stereocenters. The molecule has 9 heteroatoms. The SMILES string of the molecule is Cc1nc(-c2ccc([N+](=O)[O-])cc2)nc(-c2ccc([N+](=O)[O-])cc2)n1. The minimum absolute atomic E-state index is 0.0230. The molecule has 3 aromatic rings. The summed E-state index contributed by atoms with van der Waals surface area (Å²) in [6, 6.07) is 11.7. The van der Waals surface area contributed by atoms with Gasteiger partial charge in [0.25, 0.3) is 11.4 Å². The number of nitro groups is 2. The number of non-ortho nitro benzene ring substituents is 2. The van der Waals surface area contributed by atoms with Crippen LogP contribution in [0.4, 0.5) is 11.4 Å². The molecule has 0 aliphatic rings. The molecule has 0 spiro atoms. The second-order valence-corrected chi connectivity index (χ2v) is 5.14. The van der Waals surface area contributed by atoms with Gasteiger partial charge in [0.15, 0.2) is 11.6 Å². The number of hydrogen-bond acceptors (Lipinski definition) is 7. The van der Waals surface area contributed by atoms with Gasteiger partial charge in [-0.05, 0) is 31.2 Å². The third-order valence-electron chi connectivity index (χ3n) is 3.42. The second-order valence-electron chi connectivity index (χ2n) is 5.14. The van der Waals surface area contributed by atoms with Crippen LogP contribution in [0.25, 0.3) is 22.8 Å². The van der Waals surface area contributed by atoms with Crippen LogP contribution in [0.1, 0.15) is 5.82 Å². The van der Waals surface area contributed by atoms with Crippen molar-refractivity contribution in [2.75, 3.05) is 0 Å². The van der Waals surface area contributed by atoms with Crippen LogP contribution in [0.3, 0.4) is 0 Å². The fraction of sp³-hybridized carbons (Fsp3) is 0.0625. The van der Waals surface area contributed by atoms with Crippen LogP contribution in [0.2, 0.25) is 0 Å². The zero-order valence-electron chi connectivity index (χ0n) is 13.0. The Balaban J connectivity index is 2.00. The van der Waals surface area contributed by atoms with Gasteiger partial charge in [-0.15, -0.1) is 0 Å². The molecule has 9 nitrogen and oxygen atoms in total. The van der Waals surface area contributed by atoms with Crippen LogP contribution in [0.5, 0.6) is 0 Å². The Morgan fingerprint density at radius 1 is 0.680 bits per heavy atom. The lowest BCUT2D eigenvalue weighted by molar-refractivity contribution is -0.385. The molecule has 0 aliphatic heterocycles. The summed E-state index contributed by atoms with van der Waals surface area (Å²) in [5.74, 6) is 1.21. The third-order valence-corrected chi connectivity index (χ3v) is 3.42. The minimum atomic E-state index is -0.481. The summed E-state index contributed by atoms with van der Waals surface area (Å²) < 4.78 is 0. The number of hydrogen-bond donors (Lipinski definition) is 0. The second kappa shape index (κ2) is 6.40. The number of aryl methyl sites for hydroxylation is 1. The smallest absolute Gasteiger partial charge is 0.258 e. The molecule has 0 amide bonds. The average Bonchev–Trinajstić information content (AvgIpc) is 2.61. The average molecular weight is 337 g/mol. The molecule has 25 heavy (non-hydrogen) atoms. The van der Waals surface area contributed by atoms with Gasteiger partial charge in [-0.3, -0.25) is 20.2 Å². The fourth-order valence-electron chi connectivity index (χ4n) is 2.20. The predicted octanol–water partition coefficient (Wildman–Crippen LogP) is 3.33. The standard InChI is InChI=1S/C16H11N5O4/c1-10-17-15(11-2-6-13(7-3-11)20(22)23)19-16(18-10)12-4-8-14(9-5-12)21(24)25/h2-9H,1H3. The van der Waals surface area contributed by atoms with E-state index in [0.29, 0.717) is 28.6 Å². The Morgan fingerprint density at radius 3 is 1.36 bits per heavy atom. The molecular weight excluding hydrogens is 326 g/mol. The highest BCUT2D eigenvalue weighted by molar-refractivity contribution is 5.62. The molecule has 0 aliphatic carbocycles. The third kappa shape index (κ3) is 3.44. The summed E-state index contributed by atoms with van der Waals surface area (Å²) in [4.78, 5) is 33.4. The highest BCUT2D eigenvalue weighted by Gasteiger charge is 2.12. The van der Waals surface area contributed by atoms with E-state index in [-0.39, 0.29) is 11.4 Å². The van der Waals surface area contributed by atoms with Gasteiger partial charge in [0.2, 0.25) is 0 Å². The summed E-state index contributed by atoms with van der Waals surface area (Å²) in [7, 11) is 0. The van der Waals surface area contributed by atoms with Crippen molar-refractivity contribution in [2.24, 2.45) is 0 Å². The van der Waals surface area contributed by atoms with Crippen LogP contribution in [-0.2, 0) is 0 Å². The first kappa shape index (κ1) is 16.1. The lowest BCUT2D eigenvalue weighted by Crippen LogP contribution is -1.99. The van der Waals surface area contributed by atoms with Gasteiger partial charge >= 0.3 is 0 Å². The number of nitrogens with zero attached hydrogens (tertiary/aromatic N) is 5. The number of aromatic nitrogens is 3. The van der Waals surface area contributed by atoms with Crippen LogP contribution < -0.4 is 0 Å². The maximum absolute atomic E-state index is 10.7. The van der Waals surface area contributed by atoms with Gasteiger partial charge < -0.3 is 0 Å².